The molecule has 1 heteroatoms. The molecular formula is C28H29N. The zero-order valence-electron chi connectivity index (χ0n) is 17.9. The number of anilines is 2. The maximum atomic E-state index is 2.47. The summed E-state index contributed by atoms with van der Waals surface area (Å²) >= 11 is 0. The van der Waals surface area contributed by atoms with Gasteiger partial charge in [-0.3, -0.25) is 0 Å². The number of hydrogen-bond donors (Lipinski definition) is 0. The highest BCUT2D eigenvalue weighted by molar-refractivity contribution is 6.07. The van der Waals surface area contributed by atoms with Crippen molar-refractivity contribution < 1.29 is 0 Å². The fourth-order valence-corrected chi connectivity index (χ4v) is 5.45. The minimum Gasteiger partial charge on any atom is -0.343 e. The zero-order valence-corrected chi connectivity index (χ0v) is 17.9. The molecule has 0 radical (unpaired) electrons. The van der Waals surface area contributed by atoms with E-state index in [1.54, 1.807) is 0 Å². The van der Waals surface area contributed by atoms with Crippen molar-refractivity contribution in [3.05, 3.63) is 83.4 Å². The number of aryl methyl sites for hydroxylation is 1. The minimum atomic E-state index is 0.0215. The summed E-state index contributed by atoms with van der Waals surface area (Å²) in [5.41, 5.74) is 7.08. The van der Waals surface area contributed by atoms with Crippen LogP contribution in [0.4, 0.5) is 11.4 Å². The van der Waals surface area contributed by atoms with Crippen molar-refractivity contribution in [1.82, 2.24) is 0 Å². The topological polar surface area (TPSA) is 3.24 Å². The molecule has 4 aromatic carbocycles. The summed E-state index contributed by atoms with van der Waals surface area (Å²) in [4.78, 5) is 2.47. The average Bonchev–Trinajstić information content (AvgIpc) is 2.75. The zero-order chi connectivity index (χ0) is 20.2. The molecule has 1 nitrogen and oxygen atoms in total. The number of benzene rings is 4. The highest BCUT2D eigenvalue weighted by Crippen LogP contribution is 2.55. The molecule has 0 spiro atoms. The lowest BCUT2D eigenvalue weighted by atomic mass is 9.68. The highest BCUT2D eigenvalue weighted by Gasteiger charge is 2.39. The third-order valence-corrected chi connectivity index (χ3v) is 7.02. The Morgan fingerprint density at radius 2 is 1.48 bits per heavy atom. The van der Waals surface area contributed by atoms with Gasteiger partial charge in [0.25, 0.3) is 0 Å². The number of rotatable bonds is 3. The SMILES string of the molecule is CCCCC1(C)c2ccc3ccccc3c2N(C)c2c1ccc1cccc(C)c21. The normalized spacial score (nSPS) is 18.1. The van der Waals surface area contributed by atoms with Crippen LogP contribution in [-0.4, -0.2) is 7.05 Å². The van der Waals surface area contributed by atoms with Crippen molar-refractivity contribution in [3.63, 3.8) is 0 Å². The van der Waals surface area contributed by atoms with Gasteiger partial charge in [-0.25, -0.2) is 0 Å². The summed E-state index contributed by atoms with van der Waals surface area (Å²) in [6.45, 7) is 7.01. The van der Waals surface area contributed by atoms with E-state index in [2.05, 4.69) is 99.4 Å². The molecule has 1 unspecified atom stereocenters. The first-order valence-electron chi connectivity index (χ1n) is 10.8. The van der Waals surface area contributed by atoms with Gasteiger partial charge in [-0.05, 0) is 40.8 Å². The van der Waals surface area contributed by atoms with Crippen LogP contribution in [0.3, 0.4) is 0 Å². The molecule has 0 bridgehead atoms. The standard InChI is InChI=1S/C28H29N/c1-5-6-18-28(3)23-16-14-20-11-7-8-13-22(20)26(23)29(4)27-24(28)17-15-21-12-9-10-19(2)25(21)27/h7-17H,5-6,18H2,1-4H3. The van der Waals surface area contributed by atoms with Gasteiger partial charge in [0.05, 0.1) is 11.4 Å². The first-order chi connectivity index (χ1) is 14.1. The number of hydrogen-bond acceptors (Lipinski definition) is 1. The molecule has 5 rings (SSSR count). The molecule has 1 atom stereocenters. The summed E-state index contributed by atoms with van der Waals surface area (Å²) in [6, 6.07) is 24.9. The molecule has 1 aliphatic heterocycles. The quantitative estimate of drug-likeness (QED) is 0.350. The average molecular weight is 380 g/mol. The Labute approximate surface area is 174 Å². The number of unbranched alkanes of at least 4 members (excludes halogenated alkanes) is 1. The molecule has 146 valence electrons. The summed E-state index contributed by atoms with van der Waals surface area (Å²) < 4.78 is 0. The van der Waals surface area contributed by atoms with E-state index < -0.39 is 0 Å². The van der Waals surface area contributed by atoms with Gasteiger partial charge in [-0.2, -0.15) is 0 Å². The maximum Gasteiger partial charge on any atom is 0.0532 e. The molecule has 0 N–H and O–H groups in total. The second-order valence-corrected chi connectivity index (χ2v) is 8.81. The van der Waals surface area contributed by atoms with E-state index in [0.29, 0.717) is 0 Å². The molecule has 0 amide bonds. The molecule has 0 aliphatic carbocycles. The largest absolute Gasteiger partial charge is 0.343 e. The van der Waals surface area contributed by atoms with Gasteiger partial charge in [0.15, 0.2) is 0 Å². The predicted octanol–water partition coefficient (Wildman–Crippen LogP) is 7.88. The Bertz CT molecular complexity index is 1240. The number of nitrogens with zero attached hydrogens (tertiary/aromatic N) is 1. The molecule has 0 saturated carbocycles. The van der Waals surface area contributed by atoms with Crippen LogP contribution in [0.2, 0.25) is 0 Å². The predicted molar refractivity (Wildman–Crippen MR) is 127 cm³/mol. The fraction of sp³-hybridized carbons (Fsp3) is 0.286. The van der Waals surface area contributed by atoms with Gasteiger partial charge in [0, 0.05) is 23.2 Å². The second-order valence-electron chi connectivity index (χ2n) is 8.81. The Morgan fingerprint density at radius 3 is 2.28 bits per heavy atom. The Kier molecular flexibility index (Phi) is 4.17. The van der Waals surface area contributed by atoms with E-state index in [4.69, 9.17) is 0 Å². The maximum absolute atomic E-state index is 2.47. The summed E-state index contributed by atoms with van der Waals surface area (Å²) in [6.07, 6.45) is 3.63. The summed E-state index contributed by atoms with van der Waals surface area (Å²) in [5.74, 6) is 0. The van der Waals surface area contributed by atoms with E-state index in [9.17, 15) is 0 Å². The molecule has 29 heavy (non-hydrogen) atoms. The Balaban J connectivity index is 1.92. The lowest BCUT2D eigenvalue weighted by Gasteiger charge is -2.44. The smallest absolute Gasteiger partial charge is 0.0532 e. The molecule has 0 aromatic heterocycles. The molecule has 0 fully saturated rings. The third kappa shape index (κ3) is 2.53. The Morgan fingerprint density at radius 1 is 0.793 bits per heavy atom. The van der Waals surface area contributed by atoms with Crippen LogP contribution < -0.4 is 4.90 Å². The van der Waals surface area contributed by atoms with E-state index >= 15 is 0 Å². The molecule has 1 aliphatic rings. The highest BCUT2D eigenvalue weighted by atomic mass is 15.1. The number of fused-ring (bicyclic) bond motifs is 6. The van der Waals surface area contributed by atoms with Crippen LogP contribution in [0.5, 0.6) is 0 Å². The Hall–Kier alpha value is -2.80. The molecule has 0 saturated heterocycles. The van der Waals surface area contributed by atoms with Crippen LogP contribution in [0.1, 0.15) is 49.8 Å². The van der Waals surface area contributed by atoms with Gasteiger partial charge in [-0.1, -0.05) is 93.4 Å². The fourth-order valence-electron chi connectivity index (χ4n) is 5.45. The van der Waals surface area contributed by atoms with Crippen molar-refractivity contribution in [1.29, 1.82) is 0 Å². The van der Waals surface area contributed by atoms with Crippen molar-refractivity contribution >= 4 is 32.9 Å². The van der Waals surface area contributed by atoms with Crippen LogP contribution in [-0.2, 0) is 5.41 Å². The first-order valence-corrected chi connectivity index (χ1v) is 10.8. The van der Waals surface area contributed by atoms with Crippen LogP contribution in [0.25, 0.3) is 21.5 Å². The van der Waals surface area contributed by atoms with Crippen LogP contribution >= 0.6 is 0 Å². The van der Waals surface area contributed by atoms with Gasteiger partial charge < -0.3 is 4.90 Å². The minimum absolute atomic E-state index is 0.0215. The van der Waals surface area contributed by atoms with Crippen molar-refractivity contribution in [3.8, 4) is 0 Å². The third-order valence-electron chi connectivity index (χ3n) is 7.02. The van der Waals surface area contributed by atoms with Crippen molar-refractivity contribution in [2.75, 3.05) is 11.9 Å². The van der Waals surface area contributed by atoms with E-state index in [1.807, 2.05) is 0 Å². The van der Waals surface area contributed by atoms with Crippen molar-refractivity contribution in [2.24, 2.45) is 0 Å². The van der Waals surface area contributed by atoms with E-state index in [-0.39, 0.29) is 5.41 Å². The lowest BCUT2D eigenvalue weighted by molar-refractivity contribution is 0.490. The first kappa shape index (κ1) is 18.2. The molecule has 1 heterocycles. The van der Waals surface area contributed by atoms with Gasteiger partial charge in [0.1, 0.15) is 0 Å². The van der Waals surface area contributed by atoms with E-state index in [1.165, 1.54) is 68.9 Å². The van der Waals surface area contributed by atoms with Gasteiger partial charge >= 0.3 is 0 Å². The molecule has 4 aromatic rings. The summed E-state index contributed by atoms with van der Waals surface area (Å²) in [7, 11) is 2.26. The monoisotopic (exact) mass is 379 g/mol. The van der Waals surface area contributed by atoms with Gasteiger partial charge in [0.2, 0.25) is 0 Å². The molecular weight excluding hydrogens is 350 g/mol. The van der Waals surface area contributed by atoms with E-state index in [0.717, 1.165) is 0 Å². The van der Waals surface area contributed by atoms with Gasteiger partial charge in [-0.15, -0.1) is 0 Å². The van der Waals surface area contributed by atoms with Crippen molar-refractivity contribution in [2.45, 2.75) is 45.4 Å². The lowest BCUT2D eigenvalue weighted by Crippen LogP contribution is -2.33. The second kappa shape index (κ2) is 6.62. The summed E-state index contributed by atoms with van der Waals surface area (Å²) in [5, 5.41) is 5.40. The van der Waals surface area contributed by atoms with Crippen LogP contribution in [0, 0.1) is 6.92 Å². The van der Waals surface area contributed by atoms with Crippen LogP contribution in [0.15, 0.2) is 66.7 Å².